The highest BCUT2D eigenvalue weighted by Gasteiger charge is 2.21. The van der Waals surface area contributed by atoms with Gasteiger partial charge in [-0.1, -0.05) is 20.8 Å². The Hall–Kier alpha value is -2.11. The Labute approximate surface area is 144 Å². The van der Waals surface area contributed by atoms with E-state index < -0.39 is 0 Å². The number of pyridine rings is 1. The molecule has 1 aromatic rings. The molecule has 0 saturated carbocycles. The molecule has 0 spiro atoms. The minimum absolute atomic E-state index is 0.00753. The fraction of sp³-hybridized carbons (Fsp3) is 0.611. The van der Waals surface area contributed by atoms with E-state index in [-0.39, 0.29) is 17.4 Å². The molecule has 1 aliphatic heterocycles. The topological polar surface area (TPSA) is 65.5 Å². The molecule has 3 amide bonds. The van der Waals surface area contributed by atoms with Crippen LogP contribution in [0, 0.1) is 0 Å². The van der Waals surface area contributed by atoms with Crippen molar-refractivity contribution in [2.24, 2.45) is 0 Å². The highest BCUT2D eigenvalue weighted by molar-refractivity contribution is 5.75. The molecule has 0 radical (unpaired) electrons. The molecule has 24 heavy (non-hydrogen) atoms. The largest absolute Gasteiger partial charge is 0.341 e. The fourth-order valence-electron chi connectivity index (χ4n) is 3.02. The van der Waals surface area contributed by atoms with Crippen LogP contribution < -0.4 is 5.32 Å². The molecule has 2 rings (SSSR count). The molecule has 1 fully saturated rings. The first-order chi connectivity index (χ1) is 11.3. The van der Waals surface area contributed by atoms with Gasteiger partial charge in [0.2, 0.25) is 5.91 Å². The van der Waals surface area contributed by atoms with Crippen LogP contribution in [0.2, 0.25) is 0 Å². The van der Waals surface area contributed by atoms with Crippen molar-refractivity contribution in [3.8, 4) is 0 Å². The Morgan fingerprint density at radius 2 is 1.83 bits per heavy atom. The smallest absolute Gasteiger partial charge is 0.317 e. The number of hydrogen-bond acceptors (Lipinski definition) is 3. The SMILES string of the molecule is CC(=O)N1CCCN(C(=O)NCc2cnccc2C(C)(C)C)CC1. The van der Waals surface area contributed by atoms with E-state index in [0.717, 1.165) is 18.5 Å². The van der Waals surface area contributed by atoms with Gasteiger partial charge in [0.25, 0.3) is 0 Å². The summed E-state index contributed by atoms with van der Waals surface area (Å²) in [7, 11) is 0. The number of nitrogens with one attached hydrogen (secondary N) is 1. The second-order valence-corrected chi connectivity index (χ2v) is 7.29. The molecule has 1 aliphatic rings. The van der Waals surface area contributed by atoms with Crippen LogP contribution in [0.4, 0.5) is 4.79 Å². The second kappa shape index (κ2) is 7.64. The number of rotatable bonds is 2. The number of carbonyl (C=O) groups excluding carboxylic acids is 2. The summed E-state index contributed by atoms with van der Waals surface area (Å²) in [6.07, 6.45) is 4.42. The molecule has 132 valence electrons. The number of amides is 3. The summed E-state index contributed by atoms with van der Waals surface area (Å²) in [5.74, 6) is 0.0717. The normalized spacial score (nSPS) is 15.8. The third-order valence-electron chi connectivity index (χ3n) is 4.37. The van der Waals surface area contributed by atoms with E-state index in [1.807, 2.05) is 12.3 Å². The first-order valence-corrected chi connectivity index (χ1v) is 8.50. The molecule has 6 nitrogen and oxygen atoms in total. The van der Waals surface area contributed by atoms with Gasteiger partial charge in [-0.05, 0) is 29.0 Å². The van der Waals surface area contributed by atoms with E-state index in [0.29, 0.717) is 26.2 Å². The van der Waals surface area contributed by atoms with E-state index in [1.165, 1.54) is 5.56 Å². The molecule has 0 atom stereocenters. The summed E-state index contributed by atoms with van der Waals surface area (Å²) < 4.78 is 0. The summed E-state index contributed by atoms with van der Waals surface area (Å²) in [6, 6.07) is 1.93. The Morgan fingerprint density at radius 1 is 1.17 bits per heavy atom. The first-order valence-electron chi connectivity index (χ1n) is 8.50. The van der Waals surface area contributed by atoms with E-state index in [9.17, 15) is 9.59 Å². The highest BCUT2D eigenvalue weighted by atomic mass is 16.2. The predicted octanol–water partition coefficient (Wildman–Crippen LogP) is 2.14. The molecule has 1 N–H and O–H groups in total. The van der Waals surface area contributed by atoms with Gasteiger partial charge in [-0.2, -0.15) is 0 Å². The lowest BCUT2D eigenvalue weighted by molar-refractivity contribution is -0.128. The molecular formula is C18H28N4O2. The molecule has 2 heterocycles. The van der Waals surface area contributed by atoms with Gasteiger partial charge in [0.1, 0.15) is 0 Å². The molecule has 0 unspecified atom stereocenters. The van der Waals surface area contributed by atoms with Crippen LogP contribution in [0.15, 0.2) is 18.5 Å². The summed E-state index contributed by atoms with van der Waals surface area (Å²) in [5, 5.41) is 3.00. The first kappa shape index (κ1) is 18.2. The Balaban J connectivity index is 1.95. The molecular weight excluding hydrogens is 304 g/mol. The highest BCUT2D eigenvalue weighted by Crippen LogP contribution is 2.24. The van der Waals surface area contributed by atoms with Crippen molar-refractivity contribution in [2.75, 3.05) is 26.2 Å². The number of hydrogen-bond donors (Lipinski definition) is 1. The average molecular weight is 332 g/mol. The maximum Gasteiger partial charge on any atom is 0.317 e. The van der Waals surface area contributed by atoms with Crippen LogP contribution in [0.1, 0.15) is 45.2 Å². The van der Waals surface area contributed by atoms with Crippen molar-refractivity contribution >= 4 is 11.9 Å². The number of nitrogens with zero attached hydrogens (tertiary/aromatic N) is 3. The van der Waals surface area contributed by atoms with E-state index >= 15 is 0 Å². The maximum atomic E-state index is 12.5. The maximum absolute atomic E-state index is 12.5. The molecule has 0 aromatic carbocycles. The number of urea groups is 1. The van der Waals surface area contributed by atoms with Crippen LogP contribution in [0.25, 0.3) is 0 Å². The van der Waals surface area contributed by atoms with E-state index in [2.05, 4.69) is 31.1 Å². The van der Waals surface area contributed by atoms with Crippen molar-refractivity contribution in [3.63, 3.8) is 0 Å². The zero-order valence-corrected chi connectivity index (χ0v) is 15.1. The summed E-state index contributed by atoms with van der Waals surface area (Å²) >= 11 is 0. The minimum Gasteiger partial charge on any atom is -0.341 e. The third-order valence-corrected chi connectivity index (χ3v) is 4.37. The lowest BCUT2D eigenvalue weighted by Crippen LogP contribution is -2.42. The second-order valence-electron chi connectivity index (χ2n) is 7.29. The van der Waals surface area contributed by atoms with Gasteiger partial charge in [0.05, 0.1) is 0 Å². The van der Waals surface area contributed by atoms with Crippen LogP contribution in [-0.2, 0) is 16.8 Å². The van der Waals surface area contributed by atoms with Crippen LogP contribution >= 0.6 is 0 Å². The van der Waals surface area contributed by atoms with Gasteiger partial charge >= 0.3 is 6.03 Å². The van der Waals surface area contributed by atoms with Crippen LogP contribution in [-0.4, -0.2) is 52.9 Å². The Morgan fingerprint density at radius 3 is 2.50 bits per heavy atom. The fourth-order valence-corrected chi connectivity index (χ4v) is 3.02. The van der Waals surface area contributed by atoms with Gasteiger partial charge in [-0.3, -0.25) is 9.78 Å². The van der Waals surface area contributed by atoms with Crippen LogP contribution in [0.5, 0.6) is 0 Å². The van der Waals surface area contributed by atoms with E-state index in [1.54, 1.807) is 22.9 Å². The summed E-state index contributed by atoms with van der Waals surface area (Å²) in [6.45, 7) is 11.1. The van der Waals surface area contributed by atoms with Crippen molar-refractivity contribution in [1.29, 1.82) is 0 Å². The predicted molar refractivity (Wildman–Crippen MR) is 93.6 cm³/mol. The lowest BCUT2D eigenvalue weighted by atomic mass is 9.85. The van der Waals surface area contributed by atoms with Gasteiger partial charge in [0, 0.05) is 52.0 Å². The van der Waals surface area contributed by atoms with Crippen molar-refractivity contribution in [2.45, 2.75) is 46.1 Å². The zero-order valence-electron chi connectivity index (χ0n) is 15.1. The van der Waals surface area contributed by atoms with Gasteiger partial charge in [0.15, 0.2) is 0 Å². The average Bonchev–Trinajstić information content (AvgIpc) is 2.78. The van der Waals surface area contributed by atoms with Gasteiger partial charge in [-0.15, -0.1) is 0 Å². The van der Waals surface area contributed by atoms with Gasteiger partial charge in [-0.25, -0.2) is 4.79 Å². The monoisotopic (exact) mass is 332 g/mol. The lowest BCUT2D eigenvalue weighted by Gasteiger charge is -2.24. The zero-order chi connectivity index (χ0) is 17.7. The Kier molecular flexibility index (Phi) is 5.80. The minimum atomic E-state index is -0.0795. The molecule has 1 aromatic heterocycles. The summed E-state index contributed by atoms with van der Waals surface area (Å²) in [4.78, 5) is 31.7. The standard InChI is InChI=1S/C18H28N4O2/c1-14(23)21-8-5-9-22(11-10-21)17(24)20-13-15-12-19-7-6-16(15)18(2,3)4/h6-7,12H,5,8-11,13H2,1-4H3,(H,20,24). The molecule has 6 heteroatoms. The van der Waals surface area contributed by atoms with Gasteiger partial charge < -0.3 is 15.1 Å². The quantitative estimate of drug-likeness (QED) is 0.902. The molecule has 0 bridgehead atoms. The van der Waals surface area contributed by atoms with E-state index in [4.69, 9.17) is 0 Å². The third kappa shape index (κ3) is 4.69. The van der Waals surface area contributed by atoms with Crippen molar-refractivity contribution in [1.82, 2.24) is 20.1 Å². The Bertz CT molecular complexity index is 595. The van der Waals surface area contributed by atoms with Crippen molar-refractivity contribution < 1.29 is 9.59 Å². The van der Waals surface area contributed by atoms with Crippen molar-refractivity contribution in [3.05, 3.63) is 29.6 Å². The molecule has 1 saturated heterocycles. The number of aromatic nitrogens is 1. The molecule has 0 aliphatic carbocycles. The summed E-state index contributed by atoms with van der Waals surface area (Å²) in [5.41, 5.74) is 2.24. The number of carbonyl (C=O) groups is 2. The van der Waals surface area contributed by atoms with Crippen LogP contribution in [0.3, 0.4) is 0 Å².